The van der Waals surface area contributed by atoms with Crippen LogP contribution in [0, 0.1) is 0 Å². The summed E-state index contributed by atoms with van der Waals surface area (Å²) in [5, 5.41) is 10.4. The highest BCUT2D eigenvalue weighted by Crippen LogP contribution is 2.65. The second-order valence-electron chi connectivity index (χ2n) is 7.73. The predicted octanol–water partition coefficient (Wildman–Crippen LogP) is 1.96. The van der Waals surface area contributed by atoms with Crippen LogP contribution in [0.25, 0.3) is 0 Å². The first kappa shape index (κ1) is 15.4. The number of hydrogen-bond donors (Lipinski definition) is 1. The lowest BCUT2D eigenvalue weighted by molar-refractivity contribution is -0.200. The van der Waals surface area contributed by atoms with Gasteiger partial charge in [0.25, 0.3) is 0 Å². The Balaban J connectivity index is 1.81. The first-order valence-corrected chi connectivity index (χ1v) is 9.04. The summed E-state index contributed by atoms with van der Waals surface area (Å²) < 4.78 is 12.4. The number of piperidine rings is 1. The summed E-state index contributed by atoms with van der Waals surface area (Å²) >= 11 is 0. The number of methoxy groups -OCH3 is 1. The number of carbonyl (C=O) groups excluding carboxylic acids is 1. The van der Waals surface area contributed by atoms with Gasteiger partial charge in [0.2, 0.25) is 0 Å². The van der Waals surface area contributed by atoms with E-state index in [2.05, 4.69) is 11.5 Å². The minimum atomic E-state index is -0.545. The number of phenols is 1. The van der Waals surface area contributed by atoms with Crippen LogP contribution in [0.5, 0.6) is 11.5 Å². The fourth-order valence-corrected chi connectivity index (χ4v) is 6.19. The smallest absolute Gasteiger partial charge is 0.174 e. The number of aromatic hydroxyl groups is 1. The second-order valence-corrected chi connectivity index (χ2v) is 7.73. The summed E-state index contributed by atoms with van der Waals surface area (Å²) in [7, 11) is 1.77. The van der Waals surface area contributed by atoms with Crippen LogP contribution in [0.3, 0.4) is 0 Å². The summed E-state index contributed by atoms with van der Waals surface area (Å²) in [6.07, 6.45) is 4.20. The first-order chi connectivity index (χ1) is 12.1. The van der Waals surface area contributed by atoms with Crippen molar-refractivity contribution < 1.29 is 19.4 Å². The fourth-order valence-electron chi connectivity index (χ4n) is 6.19. The SMILES string of the molecule is C=CCN1CC[C@@]23c4c5ccc(O)c4O[C@@H]2C(=O)CC[C@]3(OC)[C@@H]1C5. The standard InChI is InChI=1S/C20H23NO4/c1-3-9-21-10-8-19-16-12-4-5-13(22)17(16)25-18(19)14(23)6-7-20(19,24-2)15(21)11-12/h3-5,15,18,22H,1,6-11H2,2H3/t15-,18+,19+,20-/m0/s1. The minimum Gasteiger partial charge on any atom is -0.504 e. The van der Waals surface area contributed by atoms with Crippen molar-refractivity contribution in [3.63, 3.8) is 0 Å². The van der Waals surface area contributed by atoms with Crippen molar-refractivity contribution in [2.45, 2.75) is 48.8 Å². The first-order valence-electron chi connectivity index (χ1n) is 9.04. The Kier molecular flexibility index (Phi) is 3.00. The maximum Gasteiger partial charge on any atom is 0.174 e. The van der Waals surface area contributed by atoms with E-state index >= 15 is 0 Å². The van der Waals surface area contributed by atoms with Crippen LogP contribution in [-0.4, -0.2) is 53.7 Å². The summed E-state index contributed by atoms with van der Waals surface area (Å²) in [5.41, 5.74) is 1.26. The van der Waals surface area contributed by atoms with Gasteiger partial charge in [-0.3, -0.25) is 9.69 Å². The zero-order chi connectivity index (χ0) is 17.4. The van der Waals surface area contributed by atoms with Gasteiger partial charge >= 0.3 is 0 Å². The Hall–Kier alpha value is -1.85. The molecular formula is C20H23NO4. The number of Topliss-reactive ketones (excluding diaryl/α,β-unsaturated/α-hetero) is 1. The average Bonchev–Trinajstić information content (AvgIpc) is 2.97. The zero-order valence-corrected chi connectivity index (χ0v) is 14.5. The fraction of sp³-hybridized carbons (Fsp3) is 0.550. The third kappa shape index (κ3) is 1.55. The highest BCUT2D eigenvalue weighted by atomic mass is 16.5. The van der Waals surface area contributed by atoms with Crippen molar-refractivity contribution in [1.29, 1.82) is 0 Å². The molecule has 0 amide bonds. The van der Waals surface area contributed by atoms with Gasteiger partial charge in [0.05, 0.1) is 11.0 Å². The van der Waals surface area contributed by atoms with Gasteiger partial charge in [-0.15, -0.1) is 6.58 Å². The van der Waals surface area contributed by atoms with Crippen LogP contribution < -0.4 is 4.74 Å². The van der Waals surface area contributed by atoms with Crippen molar-refractivity contribution in [3.05, 3.63) is 35.9 Å². The predicted molar refractivity (Wildman–Crippen MR) is 92.1 cm³/mol. The molecule has 132 valence electrons. The molecule has 5 nitrogen and oxygen atoms in total. The topological polar surface area (TPSA) is 59.0 Å². The number of hydrogen-bond acceptors (Lipinski definition) is 5. The van der Waals surface area contributed by atoms with Gasteiger partial charge in [-0.25, -0.2) is 0 Å². The van der Waals surface area contributed by atoms with Gasteiger partial charge in [-0.05, 0) is 30.9 Å². The molecule has 4 aliphatic rings. The molecule has 2 heterocycles. The largest absolute Gasteiger partial charge is 0.504 e. The monoisotopic (exact) mass is 341 g/mol. The molecule has 1 saturated heterocycles. The molecule has 2 aliphatic heterocycles. The van der Waals surface area contributed by atoms with E-state index in [0.29, 0.717) is 18.6 Å². The molecule has 2 fully saturated rings. The molecule has 25 heavy (non-hydrogen) atoms. The van der Waals surface area contributed by atoms with Crippen molar-refractivity contribution in [3.8, 4) is 11.5 Å². The Morgan fingerprint density at radius 1 is 1.48 bits per heavy atom. The van der Waals surface area contributed by atoms with Gasteiger partial charge < -0.3 is 14.6 Å². The van der Waals surface area contributed by atoms with Gasteiger partial charge in [0.15, 0.2) is 23.4 Å². The third-order valence-corrected chi connectivity index (χ3v) is 7.06. The van der Waals surface area contributed by atoms with Crippen LogP contribution in [0.15, 0.2) is 24.8 Å². The van der Waals surface area contributed by atoms with Crippen LogP contribution in [0.4, 0.5) is 0 Å². The number of ketones is 1. The summed E-state index contributed by atoms with van der Waals surface area (Å²) in [4.78, 5) is 15.2. The molecule has 5 rings (SSSR count). The second kappa shape index (κ2) is 4.86. The van der Waals surface area contributed by atoms with Crippen molar-refractivity contribution in [2.24, 2.45) is 0 Å². The summed E-state index contributed by atoms with van der Waals surface area (Å²) in [6, 6.07) is 3.87. The number of phenolic OH excluding ortho intramolecular Hbond substituents is 1. The lowest BCUT2D eigenvalue weighted by Gasteiger charge is -2.64. The average molecular weight is 341 g/mol. The molecule has 2 bridgehead atoms. The highest BCUT2D eigenvalue weighted by molar-refractivity contribution is 5.90. The summed E-state index contributed by atoms with van der Waals surface area (Å²) in [5.74, 6) is 0.772. The molecule has 1 spiro atoms. The number of benzene rings is 1. The van der Waals surface area contributed by atoms with Crippen LogP contribution in [0.1, 0.15) is 30.4 Å². The molecule has 1 N–H and O–H groups in total. The van der Waals surface area contributed by atoms with Crippen molar-refractivity contribution >= 4 is 5.78 Å². The Bertz CT molecular complexity index is 790. The van der Waals surface area contributed by atoms with Crippen molar-refractivity contribution in [1.82, 2.24) is 4.90 Å². The number of rotatable bonds is 3. The van der Waals surface area contributed by atoms with E-state index in [9.17, 15) is 9.90 Å². The van der Waals surface area contributed by atoms with E-state index in [1.54, 1.807) is 13.2 Å². The third-order valence-electron chi connectivity index (χ3n) is 7.06. The maximum absolute atomic E-state index is 12.8. The number of nitrogens with zero attached hydrogens (tertiary/aromatic N) is 1. The van der Waals surface area contributed by atoms with Gasteiger partial charge in [-0.1, -0.05) is 12.1 Å². The van der Waals surface area contributed by atoms with E-state index < -0.39 is 17.1 Å². The van der Waals surface area contributed by atoms with E-state index in [-0.39, 0.29) is 17.6 Å². The number of likely N-dealkylation sites (tertiary alicyclic amines) is 1. The lowest BCUT2D eigenvalue weighted by atomic mass is 9.49. The lowest BCUT2D eigenvalue weighted by Crippen LogP contribution is -2.77. The van der Waals surface area contributed by atoms with Crippen LogP contribution in [0.2, 0.25) is 0 Å². The molecule has 5 heteroatoms. The molecule has 1 saturated carbocycles. The quantitative estimate of drug-likeness (QED) is 0.852. The van der Waals surface area contributed by atoms with E-state index in [1.807, 2.05) is 12.1 Å². The molecule has 4 atom stereocenters. The molecule has 0 radical (unpaired) electrons. The molecule has 1 aromatic rings. The van der Waals surface area contributed by atoms with Crippen LogP contribution in [-0.2, 0) is 21.4 Å². The van der Waals surface area contributed by atoms with Crippen molar-refractivity contribution in [2.75, 3.05) is 20.2 Å². The normalized spacial score (nSPS) is 38.2. The van der Waals surface area contributed by atoms with Crippen LogP contribution >= 0.6 is 0 Å². The summed E-state index contributed by atoms with van der Waals surface area (Å²) in [6.45, 7) is 5.60. The Labute approximate surface area is 147 Å². The molecule has 0 aromatic heterocycles. The molecular weight excluding hydrogens is 318 g/mol. The van der Waals surface area contributed by atoms with Gasteiger partial charge in [0, 0.05) is 38.2 Å². The molecule has 2 aliphatic carbocycles. The van der Waals surface area contributed by atoms with E-state index in [4.69, 9.17) is 9.47 Å². The number of ether oxygens (including phenoxy) is 2. The zero-order valence-electron chi connectivity index (χ0n) is 14.5. The van der Waals surface area contributed by atoms with E-state index in [1.165, 1.54) is 5.56 Å². The number of carbonyl (C=O) groups is 1. The Morgan fingerprint density at radius 2 is 2.32 bits per heavy atom. The van der Waals surface area contributed by atoms with E-state index in [0.717, 1.165) is 31.5 Å². The highest BCUT2D eigenvalue weighted by Gasteiger charge is 2.73. The molecule has 1 aromatic carbocycles. The van der Waals surface area contributed by atoms with Gasteiger partial charge in [0.1, 0.15) is 0 Å². The van der Waals surface area contributed by atoms with Gasteiger partial charge in [-0.2, -0.15) is 0 Å². The Morgan fingerprint density at radius 3 is 3.08 bits per heavy atom. The maximum atomic E-state index is 12.8. The molecule has 0 unspecified atom stereocenters. The minimum absolute atomic E-state index is 0.132.